The number of carbonyl (C=O) groups excluding carboxylic acids is 1. The highest BCUT2D eigenvalue weighted by molar-refractivity contribution is 7.99. The molecule has 0 spiro atoms. The van der Waals surface area contributed by atoms with E-state index in [0.29, 0.717) is 11.7 Å². The lowest BCUT2D eigenvalue weighted by Crippen LogP contribution is -2.13. The van der Waals surface area contributed by atoms with Crippen LogP contribution in [-0.2, 0) is 6.42 Å². The highest BCUT2D eigenvalue weighted by Gasteiger charge is 2.18. The standard InChI is InChI=1S/C10H14N2O2S/c1-7(13)10-11-9(12-14-10)6-8-2-4-15-5-3-8/h8H,2-6H2,1H3. The second-order valence-corrected chi connectivity index (χ2v) is 5.06. The van der Waals surface area contributed by atoms with Gasteiger partial charge in [-0.1, -0.05) is 5.16 Å². The molecule has 0 N–H and O–H groups in total. The molecule has 0 amide bonds. The van der Waals surface area contributed by atoms with Crippen molar-refractivity contribution < 1.29 is 9.32 Å². The Hall–Kier alpha value is -0.840. The summed E-state index contributed by atoms with van der Waals surface area (Å²) in [5, 5.41) is 3.82. The Morgan fingerprint density at radius 2 is 2.27 bits per heavy atom. The summed E-state index contributed by atoms with van der Waals surface area (Å²) in [4.78, 5) is 15.0. The van der Waals surface area contributed by atoms with E-state index in [-0.39, 0.29) is 11.7 Å². The predicted molar refractivity (Wildman–Crippen MR) is 58.1 cm³/mol. The van der Waals surface area contributed by atoms with Gasteiger partial charge in [0, 0.05) is 13.3 Å². The summed E-state index contributed by atoms with van der Waals surface area (Å²) in [6, 6.07) is 0. The fraction of sp³-hybridized carbons (Fsp3) is 0.700. The summed E-state index contributed by atoms with van der Waals surface area (Å²) in [5.41, 5.74) is 0. The molecule has 1 aromatic heterocycles. The Balaban J connectivity index is 1.94. The molecular weight excluding hydrogens is 212 g/mol. The van der Waals surface area contributed by atoms with E-state index in [2.05, 4.69) is 10.1 Å². The Bertz CT molecular complexity index is 345. The van der Waals surface area contributed by atoms with Crippen molar-refractivity contribution in [1.29, 1.82) is 0 Å². The lowest BCUT2D eigenvalue weighted by atomic mass is 9.99. The maximum atomic E-state index is 11.0. The van der Waals surface area contributed by atoms with Crippen LogP contribution in [0.4, 0.5) is 0 Å². The van der Waals surface area contributed by atoms with E-state index in [1.807, 2.05) is 11.8 Å². The molecule has 0 radical (unpaired) electrons. The number of ketones is 1. The number of hydrogen-bond donors (Lipinski definition) is 0. The second-order valence-electron chi connectivity index (χ2n) is 3.83. The third-order valence-corrected chi connectivity index (χ3v) is 3.63. The van der Waals surface area contributed by atoms with Crippen molar-refractivity contribution >= 4 is 17.5 Å². The van der Waals surface area contributed by atoms with Gasteiger partial charge in [-0.25, -0.2) is 0 Å². The van der Waals surface area contributed by atoms with Gasteiger partial charge in [0.25, 0.3) is 5.89 Å². The molecule has 82 valence electrons. The number of hydrogen-bond acceptors (Lipinski definition) is 5. The summed E-state index contributed by atoms with van der Waals surface area (Å²) >= 11 is 2.00. The molecule has 0 saturated carbocycles. The molecule has 1 saturated heterocycles. The van der Waals surface area contributed by atoms with Gasteiger partial charge in [0.15, 0.2) is 5.82 Å². The molecule has 4 nitrogen and oxygen atoms in total. The van der Waals surface area contributed by atoms with E-state index in [1.165, 1.54) is 31.3 Å². The van der Waals surface area contributed by atoms with Crippen LogP contribution in [-0.4, -0.2) is 27.4 Å². The monoisotopic (exact) mass is 226 g/mol. The molecule has 0 aliphatic carbocycles. The van der Waals surface area contributed by atoms with Crippen LogP contribution < -0.4 is 0 Å². The SMILES string of the molecule is CC(=O)c1nc(CC2CCSCC2)no1. The molecule has 0 bridgehead atoms. The molecule has 0 unspecified atom stereocenters. The number of Topliss-reactive ketones (excluding diaryl/α,β-unsaturated/α-hetero) is 1. The van der Waals surface area contributed by atoms with E-state index in [0.717, 1.165) is 6.42 Å². The highest BCUT2D eigenvalue weighted by atomic mass is 32.2. The summed E-state index contributed by atoms with van der Waals surface area (Å²) in [7, 11) is 0. The molecule has 2 rings (SSSR count). The third-order valence-electron chi connectivity index (χ3n) is 2.58. The zero-order chi connectivity index (χ0) is 10.7. The fourth-order valence-electron chi connectivity index (χ4n) is 1.69. The van der Waals surface area contributed by atoms with Crippen LogP contribution in [0.2, 0.25) is 0 Å². The summed E-state index contributed by atoms with van der Waals surface area (Å²) in [5.74, 6) is 3.76. The lowest BCUT2D eigenvalue weighted by molar-refractivity contribution is 0.0972. The molecular formula is C10H14N2O2S. The molecule has 5 heteroatoms. The molecule has 1 aliphatic rings. The first-order valence-electron chi connectivity index (χ1n) is 5.17. The van der Waals surface area contributed by atoms with Crippen molar-refractivity contribution in [3.63, 3.8) is 0 Å². The Kier molecular flexibility index (Phi) is 3.41. The van der Waals surface area contributed by atoms with Crippen molar-refractivity contribution in [3.8, 4) is 0 Å². The van der Waals surface area contributed by atoms with Crippen LogP contribution in [0.1, 0.15) is 36.3 Å². The van der Waals surface area contributed by atoms with Crippen molar-refractivity contribution in [1.82, 2.24) is 10.1 Å². The minimum Gasteiger partial charge on any atom is -0.331 e. The fourth-order valence-corrected chi connectivity index (χ4v) is 2.89. The first-order chi connectivity index (χ1) is 7.25. The Morgan fingerprint density at radius 1 is 1.53 bits per heavy atom. The molecule has 0 atom stereocenters. The van der Waals surface area contributed by atoms with Crippen LogP contribution in [0.3, 0.4) is 0 Å². The van der Waals surface area contributed by atoms with Gasteiger partial charge in [0.05, 0.1) is 0 Å². The van der Waals surface area contributed by atoms with E-state index < -0.39 is 0 Å². The maximum Gasteiger partial charge on any atom is 0.293 e. The first kappa shape index (κ1) is 10.7. The summed E-state index contributed by atoms with van der Waals surface area (Å²) < 4.78 is 4.85. The van der Waals surface area contributed by atoms with Gasteiger partial charge in [-0.05, 0) is 30.3 Å². The van der Waals surface area contributed by atoms with Gasteiger partial charge in [-0.15, -0.1) is 0 Å². The maximum absolute atomic E-state index is 11.0. The topological polar surface area (TPSA) is 56.0 Å². The third kappa shape index (κ3) is 2.81. The minimum absolute atomic E-state index is 0.134. The average Bonchev–Trinajstić information content (AvgIpc) is 2.68. The molecule has 1 fully saturated rings. The smallest absolute Gasteiger partial charge is 0.293 e. The molecule has 2 heterocycles. The second kappa shape index (κ2) is 4.79. The van der Waals surface area contributed by atoms with E-state index >= 15 is 0 Å². The summed E-state index contributed by atoms with van der Waals surface area (Å²) in [6.45, 7) is 1.44. The zero-order valence-electron chi connectivity index (χ0n) is 8.73. The van der Waals surface area contributed by atoms with Crippen LogP contribution in [0.5, 0.6) is 0 Å². The van der Waals surface area contributed by atoms with Gasteiger partial charge in [-0.3, -0.25) is 4.79 Å². The minimum atomic E-state index is -0.159. The van der Waals surface area contributed by atoms with Crippen LogP contribution in [0.25, 0.3) is 0 Å². The molecule has 1 aliphatic heterocycles. The van der Waals surface area contributed by atoms with E-state index in [9.17, 15) is 4.79 Å². The van der Waals surface area contributed by atoms with Crippen LogP contribution >= 0.6 is 11.8 Å². The van der Waals surface area contributed by atoms with Gasteiger partial charge in [0.2, 0.25) is 5.78 Å². The van der Waals surface area contributed by atoms with Crippen molar-refractivity contribution in [2.45, 2.75) is 26.2 Å². The number of thioether (sulfide) groups is 1. The van der Waals surface area contributed by atoms with Crippen molar-refractivity contribution in [3.05, 3.63) is 11.7 Å². The quantitative estimate of drug-likeness (QED) is 0.737. The molecule has 15 heavy (non-hydrogen) atoms. The van der Waals surface area contributed by atoms with Gasteiger partial charge >= 0.3 is 0 Å². The first-order valence-corrected chi connectivity index (χ1v) is 6.32. The van der Waals surface area contributed by atoms with Crippen molar-refractivity contribution in [2.24, 2.45) is 5.92 Å². The number of rotatable bonds is 3. The Morgan fingerprint density at radius 3 is 2.87 bits per heavy atom. The lowest BCUT2D eigenvalue weighted by Gasteiger charge is -2.19. The largest absolute Gasteiger partial charge is 0.331 e. The molecule has 1 aromatic rings. The van der Waals surface area contributed by atoms with Crippen LogP contribution in [0.15, 0.2) is 4.52 Å². The number of nitrogens with zero attached hydrogens (tertiary/aromatic N) is 2. The predicted octanol–water partition coefficient (Wildman–Crippen LogP) is 1.96. The highest BCUT2D eigenvalue weighted by Crippen LogP contribution is 2.24. The Labute approximate surface area is 92.8 Å². The zero-order valence-corrected chi connectivity index (χ0v) is 9.55. The van der Waals surface area contributed by atoms with Gasteiger partial charge in [-0.2, -0.15) is 16.7 Å². The van der Waals surface area contributed by atoms with E-state index in [4.69, 9.17) is 4.52 Å². The number of aromatic nitrogens is 2. The van der Waals surface area contributed by atoms with Gasteiger partial charge < -0.3 is 4.52 Å². The van der Waals surface area contributed by atoms with E-state index in [1.54, 1.807) is 0 Å². The molecule has 0 aromatic carbocycles. The number of carbonyl (C=O) groups is 1. The average molecular weight is 226 g/mol. The van der Waals surface area contributed by atoms with Crippen LogP contribution in [0, 0.1) is 5.92 Å². The summed E-state index contributed by atoms with van der Waals surface area (Å²) in [6.07, 6.45) is 3.28. The normalized spacial score (nSPS) is 17.9. The van der Waals surface area contributed by atoms with Crippen molar-refractivity contribution in [2.75, 3.05) is 11.5 Å². The van der Waals surface area contributed by atoms with Gasteiger partial charge in [0.1, 0.15) is 0 Å².